The van der Waals surface area contributed by atoms with Gasteiger partial charge in [0.2, 0.25) is 0 Å². The summed E-state index contributed by atoms with van der Waals surface area (Å²) < 4.78 is 6.97. The van der Waals surface area contributed by atoms with Gasteiger partial charge < -0.3 is 19.5 Å². The van der Waals surface area contributed by atoms with E-state index in [9.17, 15) is 4.79 Å². The normalized spacial score (nSPS) is 14.6. The SMILES string of the molecule is Cc1csc(SCc2c(C(=O)NCc3ccc(N4CCN(C)CC4)nc3)oc3ccccc23)n1. The number of thioether (sulfide) groups is 1. The maximum atomic E-state index is 13.1. The highest BCUT2D eigenvalue weighted by Crippen LogP contribution is 2.33. The third kappa shape index (κ3) is 5.11. The van der Waals surface area contributed by atoms with Crippen LogP contribution in [-0.4, -0.2) is 54.0 Å². The number of aromatic nitrogens is 2. The Kier molecular flexibility index (Phi) is 6.85. The topological polar surface area (TPSA) is 74.5 Å². The van der Waals surface area contributed by atoms with Crippen LogP contribution in [-0.2, 0) is 12.3 Å². The number of nitrogens with zero attached hydrogens (tertiary/aromatic N) is 4. The van der Waals surface area contributed by atoms with Gasteiger partial charge in [0.1, 0.15) is 15.7 Å². The molecule has 0 bridgehead atoms. The van der Waals surface area contributed by atoms with Gasteiger partial charge in [0.05, 0.1) is 0 Å². The predicted octanol–water partition coefficient (Wildman–Crippen LogP) is 4.57. The fourth-order valence-electron chi connectivity index (χ4n) is 3.96. The summed E-state index contributed by atoms with van der Waals surface area (Å²) in [5, 5.41) is 6.01. The van der Waals surface area contributed by atoms with Gasteiger partial charge in [-0.15, -0.1) is 11.3 Å². The van der Waals surface area contributed by atoms with Crippen molar-refractivity contribution >= 4 is 45.8 Å². The molecule has 0 spiro atoms. The van der Waals surface area contributed by atoms with Crippen molar-refractivity contribution in [2.24, 2.45) is 0 Å². The van der Waals surface area contributed by atoms with Crippen molar-refractivity contribution in [3.8, 4) is 0 Å². The molecule has 5 rings (SSSR count). The number of carbonyl (C=O) groups is 1. The number of likely N-dealkylation sites (N-methyl/N-ethyl adjacent to an activating group) is 1. The molecule has 0 atom stereocenters. The predicted molar refractivity (Wildman–Crippen MR) is 138 cm³/mol. The lowest BCUT2D eigenvalue weighted by Gasteiger charge is -2.33. The monoisotopic (exact) mass is 493 g/mol. The van der Waals surface area contributed by atoms with Gasteiger partial charge in [0.25, 0.3) is 5.91 Å². The molecule has 3 aromatic heterocycles. The van der Waals surface area contributed by atoms with Gasteiger partial charge in [-0.1, -0.05) is 36.0 Å². The number of thiazole rings is 1. The van der Waals surface area contributed by atoms with Crippen molar-refractivity contribution in [1.29, 1.82) is 0 Å². The summed E-state index contributed by atoms with van der Waals surface area (Å²) in [5.41, 5.74) is 3.58. The van der Waals surface area contributed by atoms with Crippen LogP contribution in [0, 0.1) is 6.92 Å². The van der Waals surface area contributed by atoms with Crippen LogP contribution in [0.5, 0.6) is 0 Å². The van der Waals surface area contributed by atoms with Crippen LogP contribution < -0.4 is 10.2 Å². The highest BCUT2D eigenvalue weighted by Gasteiger charge is 2.21. The van der Waals surface area contributed by atoms with Gasteiger partial charge in [0.15, 0.2) is 5.76 Å². The fourth-order valence-corrected chi connectivity index (χ4v) is 5.84. The second kappa shape index (κ2) is 10.2. The lowest BCUT2D eigenvalue weighted by molar-refractivity contribution is 0.0924. The van der Waals surface area contributed by atoms with E-state index in [0.29, 0.717) is 18.1 Å². The van der Waals surface area contributed by atoms with E-state index in [0.717, 1.165) is 64.1 Å². The van der Waals surface area contributed by atoms with Crippen molar-refractivity contribution in [2.45, 2.75) is 23.6 Å². The van der Waals surface area contributed by atoms with E-state index >= 15 is 0 Å². The van der Waals surface area contributed by atoms with Crippen molar-refractivity contribution in [3.05, 3.63) is 70.6 Å². The minimum atomic E-state index is -0.217. The molecule has 1 amide bonds. The molecule has 4 aromatic rings. The van der Waals surface area contributed by atoms with Gasteiger partial charge in [-0.05, 0) is 31.7 Å². The zero-order chi connectivity index (χ0) is 23.5. The number of furan rings is 1. The van der Waals surface area contributed by atoms with Crippen molar-refractivity contribution in [2.75, 3.05) is 38.1 Å². The van der Waals surface area contributed by atoms with Crippen LogP contribution in [0.15, 0.2) is 56.7 Å². The molecule has 0 radical (unpaired) electrons. The van der Waals surface area contributed by atoms with Gasteiger partial charge in [-0.3, -0.25) is 4.79 Å². The molecule has 1 aliphatic rings. The summed E-state index contributed by atoms with van der Waals surface area (Å²) in [6.45, 7) is 6.42. The largest absolute Gasteiger partial charge is 0.451 e. The number of nitrogens with one attached hydrogen (secondary N) is 1. The first-order valence-corrected chi connectivity index (χ1v) is 13.2. The van der Waals surface area contributed by atoms with Crippen molar-refractivity contribution in [3.63, 3.8) is 0 Å². The summed E-state index contributed by atoms with van der Waals surface area (Å²) in [6.07, 6.45) is 1.84. The van der Waals surface area contributed by atoms with Crippen LogP contribution in [0.2, 0.25) is 0 Å². The summed E-state index contributed by atoms with van der Waals surface area (Å²) in [6, 6.07) is 11.8. The number of fused-ring (bicyclic) bond motifs is 1. The van der Waals surface area contributed by atoms with E-state index in [-0.39, 0.29) is 5.91 Å². The highest BCUT2D eigenvalue weighted by molar-refractivity contribution is 8.00. The lowest BCUT2D eigenvalue weighted by Crippen LogP contribution is -2.44. The average molecular weight is 494 g/mol. The molecule has 1 aliphatic heterocycles. The van der Waals surface area contributed by atoms with E-state index in [1.54, 1.807) is 23.1 Å². The number of para-hydroxylation sites is 1. The van der Waals surface area contributed by atoms with Crippen LogP contribution in [0.3, 0.4) is 0 Å². The molecule has 1 fully saturated rings. The number of hydrogen-bond donors (Lipinski definition) is 1. The first-order chi connectivity index (χ1) is 16.6. The van der Waals surface area contributed by atoms with Crippen LogP contribution in [0.25, 0.3) is 11.0 Å². The first kappa shape index (κ1) is 22.9. The van der Waals surface area contributed by atoms with Crippen LogP contribution in [0.4, 0.5) is 5.82 Å². The standard InChI is InChI=1S/C25H27N5O2S2/c1-17-15-33-25(28-17)34-16-20-19-5-3-4-6-21(19)32-23(20)24(31)27-14-18-7-8-22(26-13-18)30-11-9-29(2)10-12-30/h3-8,13,15H,9-12,14,16H2,1-2H3,(H,27,31). The minimum Gasteiger partial charge on any atom is -0.451 e. The molecule has 176 valence electrons. The summed E-state index contributed by atoms with van der Waals surface area (Å²) in [4.78, 5) is 26.9. The molecule has 0 saturated carbocycles. The zero-order valence-corrected chi connectivity index (χ0v) is 20.9. The number of anilines is 1. The van der Waals surface area contributed by atoms with Crippen LogP contribution in [0.1, 0.15) is 27.4 Å². The Morgan fingerprint density at radius 2 is 2.00 bits per heavy atom. The lowest BCUT2D eigenvalue weighted by atomic mass is 10.1. The Morgan fingerprint density at radius 1 is 1.18 bits per heavy atom. The molecule has 1 N–H and O–H groups in total. The number of piperazine rings is 1. The van der Waals surface area contributed by atoms with Gasteiger partial charge >= 0.3 is 0 Å². The quantitative estimate of drug-likeness (QED) is 0.378. The smallest absolute Gasteiger partial charge is 0.287 e. The second-order valence-electron chi connectivity index (χ2n) is 8.45. The summed E-state index contributed by atoms with van der Waals surface area (Å²) in [7, 11) is 2.14. The number of amides is 1. The molecular formula is C25H27N5O2S2. The van der Waals surface area contributed by atoms with E-state index in [1.165, 1.54) is 0 Å². The number of hydrogen-bond acceptors (Lipinski definition) is 8. The maximum Gasteiger partial charge on any atom is 0.287 e. The third-order valence-corrected chi connectivity index (χ3v) is 8.10. The molecule has 1 aromatic carbocycles. The van der Waals surface area contributed by atoms with Gasteiger partial charge in [-0.2, -0.15) is 0 Å². The fraction of sp³-hybridized carbons (Fsp3) is 0.320. The minimum absolute atomic E-state index is 0.217. The van der Waals surface area contributed by atoms with Crippen LogP contribution >= 0.6 is 23.1 Å². The number of pyridine rings is 1. The average Bonchev–Trinajstić information content (AvgIpc) is 3.45. The zero-order valence-electron chi connectivity index (χ0n) is 19.3. The van der Waals surface area contributed by atoms with Gasteiger partial charge in [0, 0.05) is 66.7 Å². The van der Waals surface area contributed by atoms with Crippen molar-refractivity contribution in [1.82, 2.24) is 20.2 Å². The molecule has 34 heavy (non-hydrogen) atoms. The summed E-state index contributed by atoms with van der Waals surface area (Å²) >= 11 is 3.24. The maximum absolute atomic E-state index is 13.1. The Bertz CT molecular complexity index is 1280. The highest BCUT2D eigenvalue weighted by atomic mass is 32.2. The van der Waals surface area contributed by atoms with E-state index in [4.69, 9.17) is 4.42 Å². The Balaban J connectivity index is 1.27. The molecule has 0 aliphatic carbocycles. The molecular weight excluding hydrogens is 466 g/mol. The number of benzene rings is 1. The molecule has 0 unspecified atom stereocenters. The Labute approximate surface area is 207 Å². The Morgan fingerprint density at radius 3 is 2.74 bits per heavy atom. The molecule has 1 saturated heterocycles. The van der Waals surface area contributed by atoms with E-state index in [2.05, 4.69) is 32.1 Å². The molecule has 4 heterocycles. The van der Waals surface area contributed by atoms with E-state index in [1.807, 2.05) is 54.9 Å². The Hall–Kier alpha value is -2.88. The number of aryl methyl sites for hydroxylation is 1. The van der Waals surface area contributed by atoms with E-state index < -0.39 is 0 Å². The van der Waals surface area contributed by atoms with Crippen molar-refractivity contribution < 1.29 is 9.21 Å². The molecule has 9 heteroatoms. The number of carbonyl (C=O) groups excluding carboxylic acids is 1. The first-order valence-electron chi connectivity index (χ1n) is 11.3. The third-order valence-electron chi connectivity index (χ3n) is 5.93. The molecule has 7 nitrogen and oxygen atoms in total. The second-order valence-corrected chi connectivity index (χ2v) is 10.5. The summed E-state index contributed by atoms with van der Waals surface area (Å²) in [5.74, 6) is 1.75. The van der Waals surface area contributed by atoms with Gasteiger partial charge in [-0.25, -0.2) is 9.97 Å². The number of rotatable bonds is 7.